The smallest absolute Gasteiger partial charge is 0.271 e. The molecule has 1 N–H and O–H groups in total. The van der Waals surface area contributed by atoms with Gasteiger partial charge >= 0.3 is 0 Å². The van der Waals surface area contributed by atoms with Crippen LogP contribution in [0.2, 0.25) is 0 Å². The van der Waals surface area contributed by atoms with Crippen molar-refractivity contribution in [3.8, 4) is 11.5 Å². The van der Waals surface area contributed by atoms with Gasteiger partial charge in [0.25, 0.3) is 11.5 Å². The molecule has 2 fully saturated rings. The predicted octanol–water partition coefficient (Wildman–Crippen LogP) is 4.69. The molecule has 2 aromatic heterocycles. The van der Waals surface area contributed by atoms with E-state index in [0.717, 1.165) is 54.8 Å². The summed E-state index contributed by atoms with van der Waals surface area (Å²) in [5, 5.41) is 6.86. The lowest BCUT2D eigenvalue weighted by molar-refractivity contribution is -0.139. The Morgan fingerprint density at radius 2 is 1.92 bits per heavy atom. The van der Waals surface area contributed by atoms with Crippen molar-refractivity contribution < 1.29 is 27.8 Å². The first-order valence-electron chi connectivity index (χ1n) is 12.8. The average molecular weight is 542 g/mol. The standard InChI is InChI=1S/C27H29F2N5O5/c1-27(2)37-15-22(39-27)20-13-31-23(14-30-20)33-26(36)21(10-16-6-3-4-7-16)34-24(35)11-17(12-32-34)38-25-18(28)8-5-9-19(25)29/h5,8-9,11-14,16,21-22H,3-4,6-7,10,15H2,1-2H3,(H,31,33,36). The minimum atomic E-state index is -0.936. The van der Waals surface area contributed by atoms with E-state index in [0.29, 0.717) is 18.7 Å². The summed E-state index contributed by atoms with van der Waals surface area (Å²) in [7, 11) is 0. The largest absolute Gasteiger partial charge is 0.449 e. The van der Waals surface area contributed by atoms with Gasteiger partial charge in [0, 0.05) is 6.07 Å². The first-order valence-corrected chi connectivity index (χ1v) is 12.8. The molecule has 206 valence electrons. The number of hydrogen-bond donors (Lipinski definition) is 1. The molecule has 2 aliphatic rings. The Hall–Kier alpha value is -3.77. The Kier molecular flexibility index (Phi) is 7.67. The zero-order chi connectivity index (χ0) is 27.6. The van der Waals surface area contributed by atoms with E-state index >= 15 is 0 Å². The van der Waals surface area contributed by atoms with E-state index in [1.165, 1.54) is 18.5 Å². The fourth-order valence-electron chi connectivity index (χ4n) is 4.88. The van der Waals surface area contributed by atoms with Crippen molar-refractivity contribution in [1.29, 1.82) is 0 Å². The van der Waals surface area contributed by atoms with Gasteiger partial charge in [-0.15, -0.1) is 0 Å². The second kappa shape index (κ2) is 11.1. The summed E-state index contributed by atoms with van der Waals surface area (Å²) in [4.78, 5) is 35.1. The van der Waals surface area contributed by atoms with Crippen molar-refractivity contribution in [2.24, 2.45) is 5.92 Å². The van der Waals surface area contributed by atoms with Crippen LogP contribution in [0.5, 0.6) is 11.5 Å². The molecule has 2 unspecified atom stereocenters. The summed E-state index contributed by atoms with van der Waals surface area (Å²) >= 11 is 0. The topological polar surface area (TPSA) is 117 Å². The second-order valence-electron chi connectivity index (χ2n) is 10.2. The molecule has 0 bridgehead atoms. The maximum absolute atomic E-state index is 14.0. The number of nitrogens with zero attached hydrogens (tertiary/aromatic N) is 4. The van der Waals surface area contributed by atoms with Crippen LogP contribution >= 0.6 is 0 Å². The number of benzene rings is 1. The van der Waals surface area contributed by atoms with Crippen LogP contribution in [-0.4, -0.2) is 38.0 Å². The van der Waals surface area contributed by atoms with Crippen molar-refractivity contribution >= 4 is 11.7 Å². The molecule has 10 nitrogen and oxygen atoms in total. The summed E-state index contributed by atoms with van der Waals surface area (Å²) in [6, 6.07) is 3.40. The number of nitrogens with one attached hydrogen (secondary N) is 1. The Labute approximate surface area is 223 Å². The number of anilines is 1. The molecule has 1 saturated carbocycles. The van der Waals surface area contributed by atoms with E-state index in [1.54, 1.807) is 0 Å². The molecular formula is C27H29F2N5O5. The summed E-state index contributed by atoms with van der Waals surface area (Å²) < 4.78 is 45.6. The minimum absolute atomic E-state index is 0.150. The SMILES string of the molecule is CC1(C)OCC(c2cnc(NC(=O)C(CC3CCCC3)n3ncc(Oc4c(F)cccc4F)cc3=O)cn2)O1. The fourth-order valence-corrected chi connectivity index (χ4v) is 4.88. The van der Waals surface area contributed by atoms with Gasteiger partial charge in [-0.1, -0.05) is 31.7 Å². The van der Waals surface area contributed by atoms with Crippen LogP contribution in [0.1, 0.15) is 63.8 Å². The van der Waals surface area contributed by atoms with Gasteiger partial charge in [0.05, 0.1) is 30.9 Å². The number of hydrogen-bond acceptors (Lipinski definition) is 8. The molecule has 3 heterocycles. The molecule has 1 amide bonds. The highest BCUT2D eigenvalue weighted by Crippen LogP contribution is 2.33. The second-order valence-corrected chi connectivity index (χ2v) is 10.2. The third-order valence-corrected chi connectivity index (χ3v) is 6.83. The number of amides is 1. The van der Waals surface area contributed by atoms with Crippen molar-refractivity contribution in [1.82, 2.24) is 19.7 Å². The van der Waals surface area contributed by atoms with Gasteiger partial charge in [-0.25, -0.2) is 18.4 Å². The maximum Gasteiger partial charge on any atom is 0.271 e. The van der Waals surface area contributed by atoms with Crippen molar-refractivity contribution in [3.05, 3.63) is 70.5 Å². The first-order chi connectivity index (χ1) is 18.7. The van der Waals surface area contributed by atoms with E-state index in [1.807, 2.05) is 13.8 Å². The minimum Gasteiger partial charge on any atom is -0.449 e. The van der Waals surface area contributed by atoms with E-state index < -0.39 is 40.7 Å². The number of rotatable bonds is 8. The lowest BCUT2D eigenvalue weighted by Gasteiger charge is -2.21. The summed E-state index contributed by atoms with van der Waals surface area (Å²) in [6.45, 7) is 3.97. The highest BCUT2D eigenvalue weighted by Gasteiger charge is 2.35. The predicted molar refractivity (Wildman–Crippen MR) is 135 cm³/mol. The van der Waals surface area contributed by atoms with E-state index in [-0.39, 0.29) is 23.6 Å². The van der Waals surface area contributed by atoms with Gasteiger partial charge in [-0.3, -0.25) is 14.6 Å². The molecule has 2 atom stereocenters. The summed E-state index contributed by atoms with van der Waals surface area (Å²) in [5.41, 5.74) is -0.0781. The molecular weight excluding hydrogens is 512 g/mol. The van der Waals surface area contributed by atoms with E-state index in [2.05, 4.69) is 20.4 Å². The van der Waals surface area contributed by atoms with Crippen LogP contribution in [0.25, 0.3) is 0 Å². The first kappa shape index (κ1) is 26.8. The lowest BCUT2D eigenvalue weighted by atomic mass is 9.98. The molecule has 1 aliphatic heterocycles. The lowest BCUT2D eigenvalue weighted by Crippen LogP contribution is -2.36. The third-order valence-electron chi connectivity index (χ3n) is 6.83. The quantitative estimate of drug-likeness (QED) is 0.437. The van der Waals surface area contributed by atoms with E-state index in [4.69, 9.17) is 14.2 Å². The number of carbonyl (C=O) groups excluding carboxylic acids is 1. The summed E-state index contributed by atoms with van der Waals surface area (Å²) in [5.74, 6) is -3.36. The van der Waals surface area contributed by atoms with Gasteiger partial charge in [-0.2, -0.15) is 5.10 Å². The number of carbonyl (C=O) groups is 1. The number of para-hydroxylation sites is 1. The number of ether oxygens (including phenoxy) is 3. The van der Waals surface area contributed by atoms with Crippen LogP contribution in [0.15, 0.2) is 47.7 Å². The van der Waals surface area contributed by atoms with Gasteiger partial charge < -0.3 is 19.5 Å². The Morgan fingerprint density at radius 1 is 1.18 bits per heavy atom. The average Bonchev–Trinajstić information content (AvgIpc) is 3.55. The van der Waals surface area contributed by atoms with Gasteiger partial charge in [0.2, 0.25) is 0 Å². The van der Waals surface area contributed by atoms with Crippen molar-refractivity contribution in [2.75, 3.05) is 11.9 Å². The maximum atomic E-state index is 14.0. The third kappa shape index (κ3) is 6.28. The van der Waals surface area contributed by atoms with Crippen LogP contribution in [-0.2, 0) is 14.3 Å². The molecule has 12 heteroatoms. The number of aromatic nitrogens is 4. The zero-order valence-corrected chi connectivity index (χ0v) is 21.6. The van der Waals surface area contributed by atoms with Crippen molar-refractivity contribution in [3.63, 3.8) is 0 Å². The normalized spacial score (nSPS) is 19.6. The van der Waals surface area contributed by atoms with E-state index in [9.17, 15) is 18.4 Å². The number of halogens is 2. The monoisotopic (exact) mass is 541 g/mol. The van der Waals surface area contributed by atoms with Crippen molar-refractivity contribution in [2.45, 2.75) is 63.9 Å². The highest BCUT2D eigenvalue weighted by atomic mass is 19.1. The molecule has 0 spiro atoms. The van der Waals surface area contributed by atoms with Gasteiger partial charge in [-0.05, 0) is 38.3 Å². The van der Waals surface area contributed by atoms with Crippen LogP contribution in [0.4, 0.5) is 14.6 Å². The molecule has 1 saturated heterocycles. The highest BCUT2D eigenvalue weighted by molar-refractivity contribution is 5.92. The Bertz CT molecular complexity index is 1370. The van der Waals surface area contributed by atoms with Gasteiger partial charge in [0.1, 0.15) is 12.1 Å². The molecule has 0 radical (unpaired) electrons. The van der Waals surface area contributed by atoms with Crippen LogP contribution in [0.3, 0.4) is 0 Å². The Balaban J connectivity index is 1.34. The zero-order valence-electron chi connectivity index (χ0n) is 21.6. The van der Waals surface area contributed by atoms with Gasteiger partial charge in [0.15, 0.2) is 34.7 Å². The Morgan fingerprint density at radius 3 is 2.54 bits per heavy atom. The molecule has 1 aromatic carbocycles. The molecule has 39 heavy (non-hydrogen) atoms. The fraction of sp³-hybridized carbons (Fsp3) is 0.444. The summed E-state index contributed by atoms with van der Waals surface area (Å²) in [6.07, 6.45) is 8.12. The van der Waals surface area contributed by atoms with Crippen LogP contribution < -0.4 is 15.6 Å². The molecule has 3 aromatic rings. The van der Waals surface area contributed by atoms with Crippen LogP contribution in [0, 0.1) is 17.6 Å². The molecule has 1 aliphatic carbocycles. The molecule has 5 rings (SSSR count).